The third kappa shape index (κ3) is 11.6. The first kappa shape index (κ1) is 61.8. The van der Waals surface area contributed by atoms with Gasteiger partial charge in [-0.1, -0.05) is 254 Å². The number of hydrogen-bond donors (Lipinski definition) is 0. The highest BCUT2D eigenvalue weighted by atomic mass is 32.1. The number of hydrogen-bond acceptors (Lipinski definition) is 12. The molecule has 488 valence electrons. The van der Waals surface area contributed by atoms with Crippen molar-refractivity contribution in [3.8, 4) is 113 Å². The number of rotatable bonds is 10. The van der Waals surface area contributed by atoms with Crippen molar-refractivity contribution in [1.29, 1.82) is 0 Å². The molecule has 6 aromatic heterocycles. The molecule has 14 aromatic carbocycles. The average Bonchev–Trinajstić information content (AvgIpc) is 1.24. The maximum absolute atomic E-state index is 5.30. The Labute approximate surface area is 606 Å². The van der Waals surface area contributed by atoms with Crippen LogP contribution >= 0.6 is 23.5 Å². The summed E-state index contributed by atoms with van der Waals surface area (Å²) in [5, 5.41) is 11.2. The molecule has 0 fully saturated rings. The van der Waals surface area contributed by atoms with E-state index in [9.17, 15) is 0 Å². The summed E-state index contributed by atoms with van der Waals surface area (Å²) in [7, 11) is 0. The van der Waals surface area contributed by atoms with E-state index in [1.54, 1.807) is 0 Å². The van der Waals surface area contributed by atoms with E-state index in [1.165, 1.54) is 50.7 Å². The van der Waals surface area contributed by atoms with E-state index in [-0.39, 0.29) is 0 Å². The average molecular weight is 1370 g/mol. The summed E-state index contributed by atoms with van der Waals surface area (Å²) in [6.45, 7) is 4.19. The number of pyridine rings is 2. The lowest BCUT2D eigenvalue weighted by Crippen LogP contribution is -1.96. The van der Waals surface area contributed by atoms with Crippen molar-refractivity contribution in [2.24, 2.45) is 0 Å². The highest BCUT2D eigenvalue weighted by Crippen LogP contribution is 2.42. The fraction of sp³-hybridized carbons (Fsp3) is 0.0217. The van der Waals surface area contributed by atoms with Gasteiger partial charge in [-0.2, -0.15) is 17.5 Å². The van der Waals surface area contributed by atoms with E-state index >= 15 is 0 Å². The van der Waals surface area contributed by atoms with Gasteiger partial charge in [-0.05, 0) is 130 Å². The molecule has 0 saturated heterocycles. The number of aryl methyl sites for hydroxylation is 2. The third-order valence-electron chi connectivity index (χ3n) is 19.6. The second kappa shape index (κ2) is 26.0. The van der Waals surface area contributed by atoms with Gasteiger partial charge in [0.1, 0.15) is 22.1 Å². The minimum atomic E-state index is 0.690. The Hall–Kier alpha value is -13.3. The summed E-state index contributed by atoms with van der Waals surface area (Å²) in [6.07, 6.45) is 0. The zero-order chi connectivity index (χ0) is 69.2. The van der Waals surface area contributed by atoms with Crippen LogP contribution in [0.2, 0.25) is 0 Å². The van der Waals surface area contributed by atoms with Crippen molar-refractivity contribution >= 4 is 110 Å². The summed E-state index contributed by atoms with van der Waals surface area (Å²) < 4.78 is 18.5. The smallest absolute Gasteiger partial charge is 0.160 e. The highest BCUT2D eigenvalue weighted by molar-refractivity contribution is 7.00. The van der Waals surface area contributed by atoms with Gasteiger partial charge in [0.2, 0.25) is 0 Å². The minimum Gasteiger partial charge on any atom is -0.247 e. The molecule has 0 aliphatic heterocycles. The molecule has 0 amide bonds. The summed E-state index contributed by atoms with van der Waals surface area (Å²) in [5.41, 5.74) is 25.8. The predicted octanol–water partition coefficient (Wildman–Crippen LogP) is 24.0. The van der Waals surface area contributed by atoms with Crippen molar-refractivity contribution in [1.82, 2.24) is 47.4 Å². The van der Waals surface area contributed by atoms with Gasteiger partial charge in [-0.25, -0.2) is 29.9 Å². The van der Waals surface area contributed by atoms with Crippen LogP contribution in [0.5, 0.6) is 0 Å². The molecule has 0 spiro atoms. The zero-order valence-electron chi connectivity index (χ0n) is 56.3. The number of benzene rings is 14. The molecular weight excluding hydrogens is 1310 g/mol. The highest BCUT2D eigenvalue weighted by Gasteiger charge is 2.21. The van der Waals surface area contributed by atoms with Crippen LogP contribution in [0.4, 0.5) is 0 Å². The van der Waals surface area contributed by atoms with Crippen LogP contribution in [0.25, 0.3) is 200 Å². The molecule has 0 aliphatic carbocycles. The van der Waals surface area contributed by atoms with E-state index < -0.39 is 0 Å². The largest absolute Gasteiger partial charge is 0.247 e. The molecular formula is C92H58N10S2. The van der Waals surface area contributed by atoms with Gasteiger partial charge in [0.25, 0.3) is 0 Å². The molecule has 10 nitrogen and oxygen atoms in total. The first-order chi connectivity index (χ1) is 51.3. The molecule has 0 bridgehead atoms. The lowest BCUT2D eigenvalue weighted by molar-refractivity contribution is 1.18. The molecule has 20 aromatic rings. The fourth-order valence-electron chi connectivity index (χ4n) is 14.2. The van der Waals surface area contributed by atoms with Crippen LogP contribution in [-0.2, 0) is 0 Å². The SMILES string of the molecule is Cc1ccc(-c2cc(-c3cccc(-c4ccc5c(c4)nc(-c4ccccc4)c4ccc6nsnc6c45)c3)nc(-c3ccc(C)cc3)n2)cc1.c1ccc(-c2nc3cc(-c4cccc(-c5cc(-c6ccc7ccccc7c6)nc(-c6ccc7ccccc7c6)n5)c4)ccc3c3c2ccc2nsnc23)cc1. The number of aromatic nitrogens is 10. The van der Waals surface area contributed by atoms with E-state index in [0.29, 0.717) is 11.6 Å². The summed E-state index contributed by atoms with van der Waals surface area (Å²) in [4.78, 5) is 31.1. The Kier molecular flexibility index (Phi) is 15.5. The third-order valence-corrected chi connectivity index (χ3v) is 20.7. The van der Waals surface area contributed by atoms with Crippen molar-refractivity contribution in [2.45, 2.75) is 13.8 Å². The second-order valence-electron chi connectivity index (χ2n) is 26.3. The van der Waals surface area contributed by atoms with E-state index in [4.69, 9.17) is 38.7 Å². The quantitative estimate of drug-likeness (QED) is 0.122. The lowest BCUT2D eigenvalue weighted by Gasteiger charge is -2.13. The second-order valence-corrected chi connectivity index (χ2v) is 27.4. The van der Waals surface area contributed by atoms with Gasteiger partial charge >= 0.3 is 0 Å². The molecule has 0 unspecified atom stereocenters. The Morgan fingerprint density at radius 1 is 0.212 bits per heavy atom. The van der Waals surface area contributed by atoms with Gasteiger partial charge in [0, 0.05) is 76.8 Å². The Balaban J connectivity index is 0.000000144. The Bertz CT molecular complexity index is 6600. The molecule has 20 rings (SSSR count). The molecule has 12 heteroatoms. The van der Waals surface area contributed by atoms with E-state index in [1.807, 2.05) is 24.3 Å². The van der Waals surface area contributed by atoms with E-state index in [2.05, 4.69) is 314 Å². The van der Waals surface area contributed by atoms with Crippen molar-refractivity contribution in [3.63, 3.8) is 0 Å². The van der Waals surface area contributed by atoms with Gasteiger partial charge in [-0.3, -0.25) is 0 Å². The van der Waals surface area contributed by atoms with Crippen molar-refractivity contribution in [3.05, 3.63) is 327 Å². The predicted molar refractivity (Wildman–Crippen MR) is 430 cm³/mol. The molecule has 104 heavy (non-hydrogen) atoms. The standard InChI is InChI=1S/C49H29N5S.C43H29N5S/c1-2-11-32(12-3-1)47-41-23-24-42-48(54-55-53-42)46(41)40-22-21-36(28-45(40)50-47)35-15-8-16-37(26-35)43-29-44(38-19-17-30-9-4-6-13-33(30)25-38)52-49(51-43)39-20-18-31-10-5-7-14-34(31)27-39;1-26-11-15-28(16-12-26)37-25-38(46-43(45-37)30-17-13-27(2)14-18-30)33-10-6-9-31(23-33)32-19-20-34-39(24-32)44-41(29-7-4-3-5-8-29)35-21-22-36-42(40(34)35)48-49-47-36/h1-29H;3-25H,1-2H3. The minimum absolute atomic E-state index is 0.690. The topological polar surface area (TPSA) is 129 Å². The summed E-state index contributed by atoms with van der Waals surface area (Å²) >= 11 is 2.49. The van der Waals surface area contributed by atoms with Crippen molar-refractivity contribution < 1.29 is 0 Å². The van der Waals surface area contributed by atoms with Crippen LogP contribution in [0.1, 0.15) is 11.1 Å². The Morgan fingerprint density at radius 2 is 0.567 bits per heavy atom. The molecule has 6 heterocycles. The monoisotopic (exact) mass is 1370 g/mol. The molecule has 0 saturated carbocycles. The van der Waals surface area contributed by atoms with Crippen LogP contribution in [0.3, 0.4) is 0 Å². The van der Waals surface area contributed by atoms with Gasteiger partial charge < -0.3 is 0 Å². The summed E-state index contributed by atoms with van der Waals surface area (Å²) in [5.74, 6) is 1.39. The number of nitrogens with zero attached hydrogens (tertiary/aromatic N) is 10. The molecule has 0 atom stereocenters. The first-order valence-corrected chi connectivity index (χ1v) is 36.0. The van der Waals surface area contributed by atoms with Crippen LogP contribution in [0.15, 0.2) is 315 Å². The van der Waals surface area contributed by atoms with Crippen LogP contribution < -0.4 is 0 Å². The van der Waals surface area contributed by atoms with Crippen LogP contribution in [-0.4, -0.2) is 47.4 Å². The fourth-order valence-corrected chi connectivity index (χ4v) is 15.3. The van der Waals surface area contributed by atoms with Gasteiger partial charge in [-0.15, -0.1) is 0 Å². The molecule has 0 N–H and O–H groups in total. The maximum atomic E-state index is 5.30. The zero-order valence-corrected chi connectivity index (χ0v) is 57.9. The van der Waals surface area contributed by atoms with Gasteiger partial charge in [0.05, 0.1) is 68.7 Å². The van der Waals surface area contributed by atoms with Crippen LogP contribution in [0, 0.1) is 13.8 Å². The Morgan fingerprint density at radius 3 is 1.06 bits per heavy atom. The number of fused-ring (bicyclic) bond motifs is 12. The first-order valence-electron chi connectivity index (χ1n) is 34.5. The van der Waals surface area contributed by atoms with Crippen molar-refractivity contribution in [2.75, 3.05) is 0 Å². The lowest BCUT2D eigenvalue weighted by atomic mass is 9.96. The maximum Gasteiger partial charge on any atom is 0.160 e. The normalized spacial score (nSPS) is 11.6. The van der Waals surface area contributed by atoms with E-state index in [0.717, 1.165) is 172 Å². The molecule has 0 radical (unpaired) electrons. The summed E-state index contributed by atoms with van der Waals surface area (Å²) in [6, 6.07) is 110. The molecule has 0 aliphatic rings. The van der Waals surface area contributed by atoms with Gasteiger partial charge in [0.15, 0.2) is 11.6 Å².